The molecule has 1 aromatic carbocycles. The quantitative estimate of drug-likeness (QED) is 0.403. The molecule has 0 N–H and O–H groups in total. The van der Waals surface area contributed by atoms with Gasteiger partial charge in [0, 0.05) is 10.2 Å². The lowest BCUT2D eigenvalue weighted by Crippen LogP contribution is -2.34. The van der Waals surface area contributed by atoms with E-state index in [1.165, 1.54) is 10.9 Å². The molecular weight excluding hydrogens is 150 g/mol. The number of nitrogens with zero attached hydrogens (tertiary/aromatic N) is 1. The number of benzene rings is 1. The molecule has 0 aliphatic carbocycles. The summed E-state index contributed by atoms with van der Waals surface area (Å²) in [5.41, 5.74) is 1.37. The van der Waals surface area contributed by atoms with Crippen molar-refractivity contribution in [1.82, 2.24) is 4.48 Å². The van der Waals surface area contributed by atoms with Gasteiger partial charge in [-0.25, -0.2) is 0 Å². The van der Waals surface area contributed by atoms with Gasteiger partial charge in [-0.3, -0.25) is 4.48 Å². The van der Waals surface area contributed by atoms with E-state index in [0.717, 1.165) is 14.7 Å². The van der Waals surface area contributed by atoms with Crippen LogP contribution in [0.25, 0.3) is 0 Å². The van der Waals surface area contributed by atoms with E-state index in [9.17, 15) is 0 Å². The highest BCUT2D eigenvalue weighted by Gasteiger charge is 2.09. The zero-order valence-electron chi connectivity index (χ0n) is 7.76. The molecule has 0 heterocycles. The summed E-state index contributed by atoms with van der Waals surface area (Å²) < 4.78 is 0.905. The molecule has 0 unspecified atom stereocenters. The third-order valence-electron chi connectivity index (χ3n) is 1.81. The fraction of sp³-hybridized carbons (Fsp3) is 0.333. The largest absolute Gasteiger partial charge is 0.298 e. The third kappa shape index (κ3) is 2.17. The molecule has 0 aliphatic rings. The Labute approximate surface area is 71.7 Å². The first-order chi connectivity index (χ1) is 5.00. The van der Waals surface area contributed by atoms with Gasteiger partial charge < -0.3 is 0 Å². The summed E-state index contributed by atoms with van der Waals surface area (Å²) >= 11 is 0. The number of quaternary nitrogens is 1. The topological polar surface area (TPSA) is 0 Å². The molecule has 0 bridgehead atoms. The fourth-order valence-corrected chi connectivity index (χ4v) is 1.33. The third-order valence-corrected chi connectivity index (χ3v) is 2.48. The Balaban J connectivity index is 2.99. The van der Waals surface area contributed by atoms with Crippen molar-refractivity contribution in [2.45, 2.75) is 0 Å². The molecule has 0 radical (unpaired) electrons. The normalized spacial score (nSPS) is 11.9. The molecule has 2 heteroatoms. The summed E-state index contributed by atoms with van der Waals surface area (Å²) in [5.74, 6) is 0. The van der Waals surface area contributed by atoms with Crippen molar-refractivity contribution in [3.8, 4) is 0 Å². The van der Waals surface area contributed by atoms with Crippen molar-refractivity contribution in [1.29, 1.82) is 0 Å². The highest BCUT2D eigenvalue weighted by Crippen LogP contribution is 2.13. The van der Waals surface area contributed by atoms with E-state index < -0.39 is 0 Å². The molecule has 1 rings (SSSR count). The van der Waals surface area contributed by atoms with E-state index >= 15 is 0 Å². The van der Waals surface area contributed by atoms with Crippen molar-refractivity contribution < 1.29 is 0 Å². The summed E-state index contributed by atoms with van der Waals surface area (Å²) in [6.07, 6.45) is 0. The Hall–Kier alpha value is -0.603. The first-order valence-corrected chi connectivity index (χ1v) is 4.89. The maximum absolute atomic E-state index is 2.21. The van der Waals surface area contributed by atoms with Crippen LogP contribution in [0.1, 0.15) is 0 Å². The maximum atomic E-state index is 2.21. The van der Waals surface area contributed by atoms with Crippen LogP contribution in [0.2, 0.25) is 0 Å². The summed E-state index contributed by atoms with van der Waals surface area (Å²) in [5, 5.41) is 1.46. The Bertz CT molecular complexity index is 233. The van der Waals surface area contributed by atoms with Gasteiger partial charge in [0.05, 0.1) is 21.1 Å². The smallest absolute Gasteiger partial charge is 0.132 e. The summed E-state index contributed by atoms with van der Waals surface area (Å²) in [6, 6.07) is 8.85. The van der Waals surface area contributed by atoms with Crippen LogP contribution in [0.15, 0.2) is 24.3 Å². The van der Waals surface area contributed by atoms with Crippen molar-refractivity contribution in [3.05, 3.63) is 24.3 Å². The van der Waals surface area contributed by atoms with Gasteiger partial charge in [-0.2, -0.15) is 0 Å². The molecular formula is C9H16NSi+. The van der Waals surface area contributed by atoms with E-state index in [1.54, 1.807) is 0 Å². The zero-order chi connectivity index (χ0) is 8.48. The molecule has 0 atom stereocenters. The summed E-state index contributed by atoms with van der Waals surface area (Å²) in [4.78, 5) is 0. The lowest BCUT2D eigenvalue weighted by molar-refractivity contribution is 0.486. The lowest BCUT2D eigenvalue weighted by atomic mass is 10.3. The highest BCUT2D eigenvalue weighted by atomic mass is 28.1. The van der Waals surface area contributed by atoms with Crippen molar-refractivity contribution >= 4 is 21.1 Å². The highest BCUT2D eigenvalue weighted by molar-refractivity contribution is 6.32. The Kier molecular flexibility index (Phi) is 2.16. The lowest BCUT2D eigenvalue weighted by Gasteiger charge is -2.23. The molecule has 0 spiro atoms. The summed E-state index contributed by atoms with van der Waals surface area (Å²) in [7, 11) is 7.70. The molecule has 0 aromatic heterocycles. The predicted octanol–water partition coefficient (Wildman–Crippen LogP) is -0.126. The van der Waals surface area contributed by atoms with E-state index in [-0.39, 0.29) is 0 Å². The van der Waals surface area contributed by atoms with Gasteiger partial charge in [0.2, 0.25) is 0 Å². The number of rotatable bonds is 1. The molecule has 0 amide bonds. The van der Waals surface area contributed by atoms with Crippen molar-refractivity contribution in [3.63, 3.8) is 0 Å². The Morgan fingerprint density at radius 2 is 1.45 bits per heavy atom. The average Bonchev–Trinajstić information content (AvgIpc) is 1.86. The Morgan fingerprint density at radius 3 is 1.82 bits per heavy atom. The summed E-state index contributed by atoms with van der Waals surface area (Å²) in [6.45, 7) is 0. The van der Waals surface area contributed by atoms with Crippen molar-refractivity contribution in [2.24, 2.45) is 0 Å². The van der Waals surface area contributed by atoms with Crippen LogP contribution >= 0.6 is 0 Å². The van der Waals surface area contributed by atoms with E-state index in [1.807, 2.05) is 0 Å². The SMILES string of the molecule is C[N+](C)(C)c1ccc([SiH3])cc1. The number of hydrogen-bond donors (Lipinski definition) is 0. The maximum Gasteiger partial charge on any atom is 0.132 e. The van der Waals surface area contributed by atoms with Crippen LogP contribution in [0.5, 0.6) is 0 Å². The van der Waals surface area contributed by atoms with Gasteiger partial charge in [0.25, 0.3) is 0 Å². The Morgan fingerprint density at radius 1 is 1.00 bits per heavy atom. The first kappa shape index (κ1) is 8.49. The molecule has 0 aliphatic heterocycles. The average molecular weight is 166 g/mol. The van der Waals surface area contributed by atoms with Crippen molar-refractivity contribution in [2.75, 3.05) is 21.1 Å². The van der Waals surface area contributed by atoms with Gasteiger partial charge in [-0.15, -0.1) is 0 Å². The van der Waals surface area contributed by atoms with E-state index in [4.69, 9.17) is 0 Å². The van der Waals surface area contributed by atoms with E-state index in [2.05, 4.69) is 45.4 Å². The minimum Gasteiger partial charge on any atom is -0.298 e. The minimum atomic E-state index is 0.905. The minimum absolute atomic E-state index is 0.905. The van der Waals surface area contributed by atoms with Crippen LogP contribution in [0, 0.1) is 0 Å². The molecule has 11 heavy (non-hydrogen) atoms. The number of hydrogen-bond acceptors (Lipinski definition) is 0. The van der Waals surface area contributed by atoms with Gasteiger partial charge in [0.1, 0.15) is 5.69 Å². The van der Waals surface area contributed by atoms with Crippen LogP contribution in [0.4, 0.5) is 5.69 Å². The molecule has 1 aromatic rings. The van der Waals surface area contributed by atoms with Crippen LogP contribution in [0.3, 0.4) is 0 Å². The van der Waals surface area contributed by atoms with Gasteiger partial charge >= 0.3 is 0 Å². The fourth-order valence-electron chi connectivity index (χ4n) is 0.992. The molecule has 0 saturated carbocycles. The second-order valence-electron chi connectivity index (χ2n) is 3.85. The molecule has 0 fully saturated rings. The van der Waals surface area contributed by atoms with Crippen LogP contribution < -0.4 is 9.67 Å². The predicted molar refractivity (Wildman–Crippen MR) is 55.6 cm³/mol. The zero-order valence-corrected chi connectivity index (χ0v) is 9.76. The molecule has 1 nitrogen and oxygen atoms in total. The van der Waals surface area contributed by atoms with E-state index in [0.29, 0.717) is 0 Å². The van der Waals surface area contributed by atoms with Gasteiger partial charge in [-0.1, -0.05) is 17.3 Å². The second-order valence-corrected chi connectivity index (χ2v) is 5.00. The second kappa shape index (κ2) is 2.79. The molecule has 60 valence electrons. The first-order valence-electron chi connectivity index (χ1n) is 3.89. The standard InChI is InChI=1S/C9H16NSi/c1-10(2,3)8-4-6-9(11)7-5-8/h4-7H,1-3,11H3/q+1. The van der Waals surface area contributed by atoms with Crippen LogP contribution in [-0.2, 0) is 0 Å². The van der Waals surface area contributed by atoms with Crippen LogP contribution in [-0.4, -0.2) is 31.4 Å². The van der Waals surface area contributed by atoms with Gasteiger partial charge in [0.15, 0.2) is 0 Å². The molecule has 0 saturated heterocycles. The monoisotopic (exact) mass is 166 g/mol. The van der Waals surface area contributed by atoms with Gasteiger partial charge in [-0.05, 0) is 12.1 Å².